The number of nitrogens with two attached hydrogens (primary N) is 1. The van der Waals surface area contributed by atoms with Gasteiger partial charge < -0.3 is 5.73 Å². The van der Waals surface area contributed by atoms with Gasteiger partial charge in [-0.15, -0.1) is 0 Å². The van der Waals surface area contributed by atoms with E-state index in [9.17, 15) is 8.42 Å². The fourth-order valence-corrected chi connectivity index (χ4v) is 3.23. The lowest BCUT2D eigenvalue weighted by Crippen LogP contribution is -2.13. The molecule has 0 aliphatic heterocycles. The molecule has 6 nitrogen and oxygen atoms in total. The molecule has 0 atom stereocenters. The number of fused-ring (bicyclic) bond motifs is 1. The third-order valence-electron chi connectivity index (χ3n) is 2.99. The second-order valence-electron chi connectivity index (χ2n) is 4.44. The molecule has 7 heteroatoms. The molecule has 0 unspecified atom stereocenters. The highest BCUT2D eigenvalue weighted by molar-refractivity contribution is 7.90. The summed E-state index contributed by atoms with van der Waals surface area (Å²) in [7, 11) is -3.68. The van der Waals surface area contributed by atoms with Crippen LogP contribution >= 0.6 is 0 Å². The monoisotopic (exact) mass is 288 g/mol. The first-order chi connectivity index (χ1) is 9.48. The SMILES string of the molecule is Cc1ccc(S(=O)(=O)n2ccc3cnc(N)nc32)cc1. The average molecular weight is 288 g/mol. The van der Waals surface area contributed by atoms with E-state index in [2.05, 4.69) is 9.97 Å². The van der Waals surface area contributed by atoms with Crippen molar-refractivity contribution in [1.29, 1.82) is 0 Å². The van der Waals surface area contributed by atoms with Crippen LogP contribution in [0.3, 0.4) is 0 Å². The lowest BCUT2D eigenvalue weighted by Gasteiger charge is -2.07. The first kappa shape index (κ1) is 12.6. The van der Waals surface area contributed by atoms with E-state index in [0.29, 0.717) is 5.39 Å². The summed E-state index contributed by atoms with van der Waals surface area (Å²) in [6.45, 7) is 1.90. The molecule has 20 heavy (non-hydrogen) atoms. The number of anilines is 1. The van der Waals surface area contributed by atoms with Crippen LogP contribution in [0.25, 0.3) is 11.0 Å². The largest absolute Gasteiger partial charge is 0.368 e. The van der Waals surface area contributed by atoms with Crippen LogP contribution < -0.4 is 5.73 Å². The predicted molar refractivity (Wildman–Crippen MR) is 75.7 cm³/mol. The summed E-state index contributed by atoms with van der Waals surface area (Å²) in [5, 5.41) is 0.620. The van der Waals surface area contributed by atoms with E-state index in [0.717, 1.165) is 9.54 Å². The molecule has 0 radical (unpaired) electrons. The van der Waals surface area contributed by atoms with Crippen LogP contribution in [0.4, 0.5) is 5.95 Å². The highest BCUT2D eigenvalue weighted by Gasteiger charge is 2.19. The number of benzene rings is 1. The van der Waals surface area contributed by atoms with Crippen LogP contribution in [0, 0.1) is 6.92 Å². The van der Waals surface area contributed by atoms with Crippen LogP contribution in [0.1, 0.15) is 5.56 Å². The zero-order chi connectivity index (χ0) is 14.3. The van der Waals surface area contributed by atoms with Gasteiger partial charge in [0, 0.05) is 17.8 Å². The van der Waals surface area contributed by atoms with E-state index < -0.39 is 10.0 Å². The molecule has 2 aromatic heterocycles. The Morgan fingerprint density at radius 1 is 1.15 bits per heavy atom. The Labute approximate surface area is 115 Å². The molecular formula is C13H12N4O2S. The fraction of sp³-hybridized carbons (Fsp3) is 0.0769. The summed E-state index contributed by atoms with van der Waals surface area (Å²) in [4.78, 5) is 8.05. The minimum atomic E-state index is -3.68. The molecule has 0 spiro atoms. The first-order valence-corrected chi connectivity index (χ1v) is 7.34. The molecule has 0 aliphatic carbocycles. The van der Waals surface area contributed by atoms with E-state index >= 15 is 0 Å². The molecule has 1 aromatic carbocycles. The molecular weight excluding hydrogens is 276 g/mol. The maximum Gasteiger partial charge on any atom is 0.269 e. The van der Waals surface area contributed by atoms with E-state index in [-0.39, 0.29) is 16.5 Å². The van der Waals surface area contributed by atoms with Crippen LogP contribution in [0.2, 0.25) is 0 Å². The molecule has 3 rings (SSSR count). The Balaban J connectivity index is 2.23. The number of nitrogens with zero attached hydrogens (tertiary/aromatic N) is 3. The second kappa shape index (κ2) is 4.31. The van der Waals surface area contributed by atoms with Crippen LogP contribution in [-0.2, 0) is 10.0 Å². The maximum absolute atomic E-state index is 12.6. The minimum Gasteiger partial charge on any atom is -0.368 e. The van der Waals surface area contributed by atoms with Crippen molar-refractivity contribution in [3.05, 3.63) is 48.3 Å². The predicted octanol–water partition coefficient (Wildman–Crippen LogP) is 1.56. The molecule has 0 saturated carbocycles. The summed E-state index contributed by atoms with van der Waals surface area (Å²) in [5.74, 6) is 0.0385. The number of rotatable bonds is 2. The molecule has 0 aliphatic rings. The van der Waals surface area contributed by atoms with Crippen molar-refractivity contribution in [3.63, 3.8) is 0 Å². The molecule has 102 valence electrons. The van der Waals surface area contributed by atoms with E-state index in [4.69, 9.17) is 5.73 Å². The van der Waals surface area contributed by atoms with E-state index in [1.807, 2.05) is 6.92 Å². The summed E-state index contributed by atoms with van der Waals surface area (Å²) in [6, 6.07) is 8.28. The number of hydrogen-bond donors (Lipinski definition) is 1. The number of hydrogen-bond acceptors (Lipinski definition) is 5. The van der Waals surface area contributed by atoms with Crippen molar-refractivity contribution < 1.29 is 8.42 Å². The topological polar surface area (TPSA) is 90.9 Å². The third kappa shape index (κ3) is 1.92. The van der Waals surface area contributed by atoms with Gasteiger partial charge in [-0.25, -0.2) is 17.4 Å². The van der Waals surface area contributed by atoms with Crippen molar-refractivity contribution in [1.82, 2.24) is 13.9 Å². The zero-order valence-electron chi connectivity index (χ0n) is 10.7. The van der Waals surface area contributed by atoms with Crippen LogP contribution in [0.5, 0.6) is 0 Å². The Morgan fingerprint density at radius 3 is 2.55 bits per heavy atom. The molecule has 2 N–H and O–H groups in total. The number of nitrogen functional groups attached to an aromatic ring is 1. The van der Waals surface area contributed by atoms with Gasteiger partial charge in [-0.2, -0.15) is 4.98 Å². The second-order valence-corrected chi connectivity index (χ2v) is 6.25. The van der Waals surface area contributed by atoms with Gasteiger partial charge in [0.05, 0.1) is 4.90 Å². The van der Waals surface area contributed by atoms with Crippen molar-refractivity contribution in [3.8, 4) is 0 Å². The standard InChI is InChI=1S/C13H12N4O2S/c1-9-2-4-11(5-3-9)20(18,19)17-7-6-10-8-15-13(14)16-12(10)17/h2-8H,1H3,(H2,14,15,16). The maximum atomic E-state index is 12.6. The average Bonchev–Trinajstić information content (AvgIpc) is 2.82. The number of aromatic nitrogens is 3. The summed E-state index contributed by atoms with van der Waals surface area (Å²) in [5.41, 5.74) is 6.79. The van der Waals surface area contributed by atoms with Crippen molar-refractivity contribution in [2.75, 3.05) is 5.73 Å². The smallest absolute Gasteiger partial charge is 0.269 e. The van der Waals surface area contributed by atoms with Gasteiger partial charge in [0.15, 0.2) is 5.65 Å². The normalized spacial score (nSPS) is 11.8. The summed E-state index contributed by atoms with van der Waals surface area (Å²) < 4.78 is 26.3. The molecule has 0 bridgehead atoms. The Kier molecular flexibility index (Phi) is 2.72. The lowest BCUT2D eigenvalue weighted by molar-refractivity contribution is 0.589. The van der Waals surface area contributed by atoms with Gasteiger partial charge >= 0.3 is 0 Å². The molecule has 0 amide bonds. The van der Waals surface area contributed by atoms with E-state index in [1.165, 1.54) is 12.4 Å². The molecule has 0 saturated heterocycles. The number of aryl methyl sites for hydroxylation is 1. The first-order valence-electron chi connectivity index (χ1n) is 5.90. The molecule has 3 aromatic rings. The fourth-order valence-electron chi connectivity index (χ4n) is 1.93. The van der Waals surface area contributed by atoms with Gasteiger partial charge in [0.2, 0.25) is 5.95 Å². The lowest BCUT2D eigenvalue weighted by atomic mass is 10.2. The van der Waals surface area contributed by atoms with Crippen LogP contribution in [0.15, 0.2) is 47.6 Å². The van der Waals surface area contributed by atoms with Crippen molar-refractivity contribution in [2.45, 2.75) is 11.8 Å². The molecule has 2 heterocycles. The highest BCUT2D eigenvalue weighted by Crippen LogP contribution is 2.21. The van der Waals surface area contributed by atoms with Gasteiger partial charge in [0.25, 0.3) is 10.0 Å². The van der Waals surface area contributed by atoms with E-state index in [1.54, 1.807) is 30.3 Å². The summed E-state index contributed by atoms with van der Waals surface area (Å²) >= 11 is 0. The highest BCUT2D eigenvalue weighted by atomic mass is 32.2. The minimum absolute atomic E-state index is 0.0385. The van der Waals surface area contributed by atoms with Crippen LogP contribution in [-0.4, -0.2) is 22.4 Å². The van der Waals surface area contributed by atoms with Gasteiger partial charge in [-0.05, 0) is 25.1 Å². The van der Waals surface area contributed by atoms with Gasteiger partial charge in [-0.1, -0.05) is 17.7 Å². The Morgan fingerprint density at radius 2 is 1.85 bits per heavy atom. The Hall–Kier alpha value is -2.41. The van der Waals surface area contributed by atoms with Gasteiger partial charge in [-0.3, -0.25) is 0 Å². The van der Waals surface area contributed by atoms with Gasteiger partial charge in [0.1, 0.15) is 0 Å². The quantitative estimate of drug-likeness (QED) is 0.772. The Bertz CT molecular complexity index is 882. The third-order valence-corrected chi connectivity index (χ3v) is 4.67. The molecule has 0 fully saturated rings. The van der Waals surface area contributed by atoms with Crippen molar-refractivity contribution in [2.24, 2.45) is 0 Å². The zero-order valence-corrected chi connectivity index (χ0v) is 11.5. The summed E-state index contributed by atoms with van der Waals surface area (Å²) in [6.07, 6.45) is 2.95. The van der Waals surface area contributed by atoms with Crippen molar-refractivity contribution >= 4 is 27.0 Å².